The number of piperidine rings is 1. The highest BCUT2D eigenvalue weighted by atomic mass is 16.1. The van der Waals surface area contributed by atoms with E-state index in [1.165, 1.54) is 56.3 Å². The lowest BCUT2D eigenvalue weighted by molar-refractivity contribution is -0.121. The molecule has 27 heavy (non-hydrogen) atoms. The van der Waals surface area contributed by atoms with E-state index in [1.54, 1.807) is 6.42 Å². The molecule has 5 aliphatic rings. The molecular weight excluding hydrogens is 332 g/mol. The SMILES string of the molecule is CCC(=O)N[C@H]1CC2(CCN([C@@H]3CC45C[C@H]4CC[C@@H]35)CC2)c2ccccc21. The minimum Gasteiger partial charge on any atom is -0.349 e. The second-order valence-electron chi connectivity index (χ2n) is 10.2. The Kier molecular flexibility index (Phi) is 3.44. The molecule has 4 fully saturated rings. The van der Waals surface area contributed by atoms with Gasteiger partial charge in [0, 0.05) is 17.9 Å². The topological polar surface area (TPSA) is 32.3 Å². The van der Waals surface area contributed by atoms with Gasteiger partial charge in [0.05, 0.1) is 6.04 Å². The van der Waals surface area contributed by atoms with E-state index in [9.17, 15) is 4.79 Å². The number of likely N-dealkylation sites (tertiary alicyclic amines) is 1. The summed E-state index contributed by atoms with van der Waals surface area (Å²) < 4.78 is 0. The number of rotatable bonds is 3. The van der Waals surface area contributed by atoms with E-state index in [2.05, 4.69) is 34.5 Å². The van der Waals surface area contributed by atoms with E-state index >= 15 is 0 Å². The molecular formula is C24H32N2O. The van der Waals surface area contributed by atoms with Crippen LogP contribution in [-0.2, 0) is 10.2 Å². The summed E-state index contributed by atoms with van der Waals surface area (Å²) in [4.78, 5) is 14.9. The average molecular weight is 365 g/mol. The molecule has 3 nitrogen and oxygen atoms in total. The van der Waals surface area contributed by atoms with Crippen LogP contribution in [0.15, 0.2) is 24.3 Å². The van der Waals surface area contributed by atoms with Crippen LogP contribution in [0.4, 0.5) is 0 Å². The highest BCUT2D eigenvalue weighted by Crippen LogP contribution is 2.76. The number of amides is 1. The second-order valence-corrected chi connectivity index (χ2v) is 10.2. The number of hydrogen-bond donors (Lipinski definition) is 1. The fourth-order valence-electron chi connectivity index (χ4n) is 7.72. The number of hydrogen-bond acceptors (Lipinski definition) is 2. The molecule has 1 heterocycles. The molecule has 1 aromatic carbocycles. The van der Waals surface area contributed by atoms with Crippen LogP contribution in [0.25, 0.3) is 0 Å². The number of carbonyl (C=O) groups excluding carboxylic acids is 1. The van der Waals surface area contributed by atoms with Crippen LogP contribution < -0.4 is 5.32 Å². The van der Waals surface area contributed by atoms with Gasteiger partial charge in [-0.2, -0.15) is 0 Å². The van der Waals surface area contributed by atoms with Crippen molar-refractivity contribution < 1.29 is 4.79 Å². The minimum absolute atomic E-state index is 0.185. The summed E-state index contributed by atoms with van der Waals surface area (Å²) in [6.45, 7) is 4.46. The third-order valence-electron chi connectivity index (χ3n) is 9.28. The molecule has 5 atom stereocenters. The Morgan fingerprint density at radius 2 is 1.96 bits per heavy atom. The first kappa shape index (κ1) is 16.6. The lowest BCUT2D eigenvalue weighted by atomic mass is 9.65. The number of nitrogens with one attached hydrogen (secondary N) is 1. The third kappa shape index (κ3) is 2.21. The van der Waals surface area contributed by atoms with E-state index < -0.39 is 0 Å². The van der Waals surface area contributed by atoms with E-state index in [4.69, 9.17) is 0 Å². The van der Waals surface area contributed by atoms with Crippen molar-refractivity contribution in [2.45, 2.75) is 75.8 Å². The molecule has 0 aromatic heterocycles. The molecule has 3 heteroatoms. The van der Waals surface area contributed by atoms with Crippen LogP contribution in [0.3, 0.4) is 0 Å². The lowest BCUT2D eigenvalue weighted by Crippen LogP contribution is -2.56. The molecule has 6 rings (SSSR count). The summed E-state index contributed by atoms with van der Waals surface area (Å²) in [6, 6.07) is 10.0. The fourth-order valence-corrected chi connectivity index (χ4v) is 7.72. The first-order valence-corrected chi connectivity index (χ1v) is 11.3. The number of benzene rings is 1. The van der Waals surface area contributed by atoms with E-state index in [1.807, 2.05) is 6.92 Å². The van der Waals surface area contributed by atoms with Crippen molar-refractivity contribution in [3.8, 4) is 0 Å². The zero-order chi connectivity index (χ0) is 18.2. The van der Waals surface area contributed by atoms with Gasteiger partial charge in [0.25, 0.3) is 0 Å². The van der Waals surface area contributed by atoms with Crippen LogP contribution in [0.5, 0.6) is 0 Å². The van der Waals surface area contributed by atoms with E-state index in [-0.39, 0.29) is 17.4 Å². The van der Waals surface area contributed by atoms with Gasteiger partial charge in [-0.25, -0.2) is 0 Å². The molecule has 1 amide bonds. The molecule has 3 saturated carbocycles. The second kappa shape index (κ2) is 5.59. The van der Waals surface area contributed by atoms with Crippen LogP contribution >= 0.6 is 0 Å². The molecule has 1 unspecified atom stereocenters. The van der Waals surface area contributed by atoms with Gasteiger partial charge in [-0.1, -0.05) is 31.2 Å². The summed E-state index contributed by atoms with van der Waals surface area (Å²) in [7, 11) is 0. The first-order chi connectivity index (χ1) is 13.2. The fraction of sp³-hybridized carbons (Fsp3) is 0.708. The number of nitrogens with zero attached hydrogens (tertiary/aromatic N) is 1. The predicted molar refractivity (Wildman–Crippen MR) is 106 cm³/mol. The Hall–Kier alpha value is -1.35. The van der Waals surface area contributed by atoms with Gasteiger partial charge < -0.3 is 10.2 Å². The molecule has 144 valence electrons. The van der Waals surface area contributed by atoms with Gasteiger partial charge in [-0.3, -0.25) is 4.79 Å². The predicted octanol–water partition coefficient (Wildman–Crippen LogP) is 4.18. The minimum atomic E-state index is 0.185. The average Bonchev–Trinajstić information content (AvgIpc) is 3.27. The molecule has 0 radical (unpaired) electrons. The van der Waals surface area contributed by atoms with E-state index in [0.29, 0.717) is 6.42 Å². The van der Waals surface area contributed by atoms with Crippen molar-refractivity contribution >= 4 is 5.91 Å². The van der Waals surface area contributed by atoms with Gasteiger partial charge in [0.1, 0.15) is 0 Å². The Labute approximate surface area is 162 Å². The van der Waals surface area contributed by atoms with Crippen molar-refractivity contribution in [2.75, 3.05) is 13.1 Å². The molecule has 1 aromatic rings. The standard InChI is InChI=1S/C24H32N2O/c1-2-22(27)25-20-14-23(18-6-4-3-5-17(18)20)9-11-26(12-10-23)21-15-24-13-16(24)7-8-19(21)24/h3-6,16,19-21H,2,7-15H2,1H3,(H,25,27)/t16-,19+,20+,21-,24?/m1/s1. The highest BCUT2D eigenvalue weighted by molar-refractivity contribution is 5.76. The molecule has 1 N–H and O–H groups in total. The van der Waals surface area contributed by atoms with Crippen molar-refractivity contribution in [3.63, 3.8) is 0 Å². The zero-order valence-corrected chi connectivity index (χ0v) is 16.5. The molecule has 2 spiro atoms. The van der Waals surface area contributed by atoms with E-state index in [0.717, 1.165) is 29.7 Å². The monoisotopic (exact) mass is 364 g/mol. The van der Waals surface area contributed by atoms with Crippen molar-refractivity contribution in [2.24, 2.45) is 17.3 Å². The summed E-state index contributed by atoms with van der Waals surface area (Å²) >= 11 is 0. The maximum atomic E-state index is 12.1. The van der Waals surface area contributed by atoms with Crippen molar-refractivity contribution in [3.05, 3.63) is 35.4 Å². The summed E-state index contributed by atoms with van der Waals surface area (Å²) in [6.07, 6.45) is 10.3. The van der Waals surface area contributed by atoms with Crippen molar-refractivity contribution in [1.82, 2.24) is 10.2 Å². The van der Waals surface area contributed by atoms with Gasteiger partial charge in [0.2, 0.25) is 5.91 Å². The largest absolute Gasteiger partial charge is 0.349 e. The maximum absolute atomic E-state index is 12.1. The highest BCUT2D eigenvalue weighted by Gasteiger charge is 2.71. The van der Waals surface area contributed by atoms with Crippen LogP contribution in [0.1, 0.15) is 75.5 Å². The smallest absolute Gasteiger partial charge is 0.220 e. The Morgan fingerprint density at radius 1 is 1.15 bits per heavy atom. The summed E-state index contributed by atoms with van der Waals surface area (Å²) in [5.74, 6) is 2.33. The van der Waals surface area contributed by atoms with Crippen LogP contribution in [0.2, 0.25) is 0 Å². The van der Waals surface area contributed by atoms with Gasteiger partial charge in [-0.15, -0.1) is 0 Å². The quantitative estimate of drug-likeness (QED) is 0.873. The Bertz CT molecular complexity index is 778. The molecule has 0 bridgehead atoms. The maximum Gasteiger partial charge on any atom is 0.220 e. The molecule has 4 aliphatic carbocycles. The number of carbonyl (C=O) groups is 1. The number of fused-ring (bicyclic) bond motifs is 2. The lowest BCUT2D eigenvalue weighted by Gasteiger charge is -2.53. The molecule has 1 aliphatic heterocycles. The van der Waals surface area contributed by atoms with Crippen LogP contribution in [-0.4, -0.2) is 29.9 Å². The first-order valence-electron chi connectivity index (χ1n) is 11.3. The Morgan fingerprint density at radius 3 is 2.70 bits per heavy atom. The van der Waals surface area contributed by atoms with Gasteiger partial charge in [0.15, 0.2) is 0 Å². The van der Waals surface area contributed by atoms with Gasteiger partial charge >= 0.3 is 0 Å². The Balaban J connectivity index is 1.19. The molecule has 1 saturated heterocycles. The zero-order valence-electron chi connectivity index (χ0n) is 16.5. The van der Waals surface area contributed by atoms with Crippen molar-refractivity contribution in [1.29, 1.82) is 0 Å². The summed E-state index contributed by atoms with van der Waals surface area (Å²) in [5.41, 5.74) is 4.03. The third-order valence-corrected chi connectivity index (χ3v) is 9.28. The van der Waals surface area contributed by atoms with Crippen LogP contribution in [0, 0.1) is 17.3 Å². The normalized spacial score (nSPS) is 40.8. The summed E-state index contributed by atoms with van der Waals surface area (Å²) in [5, 5.41) is 3.30. The van der Waals surface area contributed by atoms with Gasteiger partial charge in [-0.05, 0) is 86.4 Å².